The topological polar surface area (TPSA) is 83.5 Å². The van der Waals surface area contributed by atoms with Gasteiger partial charge in [0.25, 0.3) is 10.1 Å². The van der Waals surface area contributed by atoms with Crippen molar-refractivity contribution in [1.82, 2.24) is 0 Å². The summed E-state index contributed by atoms with van der Waals surface area (Å²) in [4.78, 5) is 12.2. The Bertz CT molecular complexity index is 866. The fraction of sp³-hybridized carbons (Fsp3) is 0.211. The van der Waals surface area contributed by atoms with E-state index in [1.807, 2.05) is 48.5 Å². The predicted octanol–water partition coefficient (Wildman–Crippen LogP) is 4.40. The summed E-state index contributed by atoms with van der Waals surface area (Å²) in [6.45, 7) is 0. The van der Waals surface area contributed by atoms with Crippen LogP contribution in [0.1, 0.15) is 24.3 Å². The molecule has 2 N–H and O–H groups in total. The van der Waals surface area contributed by atoms with Gasteiger partial charge >= 0.3 is 0 Å². The van der Waals surface area contributed by atoms with Crippen LogP contribution in [0.4, 0.5) is 5.69 Å². The molecule has 7 heteroatoms. The van der Waals surface area contributed by atoms with Crippen LogP contribution in [0.5, 0.6) is 0 Å². The number of nitrogens with one attached hydrogen (secondary N) is 1. The summed E-state index contributed by atoms with van der Waals surface area (Å²) in [5.41, 5.74) is 1.65. The van der Waals surface area contributed by atoms with Crippen molar-refractivity contribution in [3.63, 3.8) is 0 Å². The van der Waals surface area contributed by atoms with Crippen molar-refractivity contribution in [3.8, 4) is 0 Å². The first-order chi connectivity index (χ1) is 12.3. The van der Waals surface area contributed by atoms with Crippen molar-refractivity contribution in [2.45, 2.75) is 18.8 Å². The number of hydrogen-bond acceptors (Lipinski definition) is 3. The second kappa shape index (κ2) is 9.66. The summed E-state index contributed by atoms with van der Waals surface area (Å²) in [5.74, 6) is -0.691. The molecule has 0 aromatic heterocycles. The maximum Gasteiger partial charge on any atom is 0.264 e. The van der Waals surface area contributed by atoms with Gasteiger partial charge in [0, 0.05) is 10.4 Å². The lowest BCUT2D eigenvalue weighted by atomic mass is 9.94. The fourth-order valence-electron chi connectivity index (χ4n) is 2.50. The number of halogens is 1. The molecule has 0 spiro atoms. The lowest BCUT2D eigenvalue weighted by molar-refractivity contribution is -0.111. The minimum Gasteiger partial charge on any atom is -0.321 e. The molecule has 0 fully saturated rings. The van der Waals surface area contributed by atoms with Crippen molar-refractivity contribution in [2.24, 2.45) is 0 Å². The van der Waals surface area contributed by atoms with Gasteiger partial charge in [-0.25, -0.2) is 0 Å². The van der Waals surface area contributed by atoms with E-state index in [-0.39, 0.29) is 17.6 Å². The molecule has 5 nitrogen and oxygen atoms in total. The number of carbonyl (C=O) groups is 1. The van der Waals surface area contributed by atoms with E-state index < -0.39 is 10.1 Å². The smallest absolute Gasteiger partial charge is 0.264 e. The van der Waals surface area contributed by atoms with E-state index in [1.54, 1.807) is 12.1 Å². The minimum atomic E-state index is -3.99. The number of allylic oxidation sites excluding steroid dienone is 1. The van der Waals surface area contributed by atoms with Crippen molar-refractivity contribution in [2.75, 3.05) is 11.1 Å². The number of para-hydroxylation sites is 1. The Morgan fingerprint density at radius 2 is 1.77 bits per heavy atom. The van der Waals surface area contributed by atoms with Gasteiger partial charge in [0.1, 0.15) is 0 Å². The maximum atomic E-state index is 12.2. The zero-order valence-corrected chi connectivity index (χ0v) is 16.4. The van der Waals surface area contributed by atoms with Crippen LogP contribution >= 0.6 is 15.9 Å². The summed E-state index contributed by atoms with van der Waals surface area (Å²) < 4.78 is 31.5. The predicted molar refractivity (Wildman–Crippen MR) is 107 cm³/mol. The van der Waals surface area contributed by atoms with Gasteiger partial charge in [0.15, 0.2) is 0 Å². The molecule has 2 aromatic carbocycles. The number of anilines is 1. The van der Waals surface area contributed by atoms with Crippen molar-refractivity contribution >= 4 is 37.6 Å². The van der Waals surface area contributed by atoms with E-state index in [9.17, 15) is 13.2 Å². The quantitative estimate of drug-likeness (QED) is 0.473. The van der Waals surface area contributed by atoms with E-state index in [1.165, 1.54) is 6.08 Å². The number of amides is 1. The molecule has 0 bridgehead atoms. The van der Waals surface area contributed by atoms with Crippen LogP contribution in [0.25, 0.3) is 0 Å². The van der Waals surface area contributed by atoms with Gasteiger partial charge in [-0.15, -0.1) is 0 Å². The number of carbonyl (C=O) groups excluding carboxylic acids is 1. The maximum absolute atomic E-state index is 12.2. The second-order valence-electron chi connectivity index (χ2n) is 5.77. The Hall–Kier alpha value is -1.96. The Morgan fingerprint density at radius 3 is 2.42 bits per heavy atom. The Labute approximate surface area is 162 Å². The molecule has 0 radical (unpaired) electrons. The largest absolute Gasteiger partial charge is 0.321 e. The Balaban J connectivity index is 2.06. The highest BCUT2D eigenvalue weighted by atomic mass is 79.9. The first-order valence-corrected chi connectivity index (χ1v) is 10.5. The SMILES string of the molecule is O=C(C=CC(CCCS(=O)(=O)O)c1ccccc1)Nc1ccccc1Br. The van der Waals surface area contributed by atoms with Crippen LogP contribution in [-0.2, 0) is 14.9 Å². The molecule has 0 aliphatic rings. The van der Waals surface area contributed by atoms with Crippen molar-refractivity contribution in [3.05, 3.63) is 76.8 Å². The Morgan fingerprint density at radius 1 is 1.12 bits per heavy atom. The van der Waals surface area contributed by atoms with Gasteiger partial charge < -0.3 is 5.32 Å². The van der Waals surface area contributed by atoms with Crippen LogP contribution in [0.3, 0.4) is 0 Å². The first kappa shape index (κ1) is 20.4. The van der Waals surface area contributed by atoms with E-state index in [2.05, 4.69) is 21.2 Å². The molecule has 0 aliphatic carbocycles. The molecule has 2 rings (SSSR count). The molecular formula is C19H20BrNO4S. The fourth-order valence-corrected chi connectivity index (χ4v) is 3.42. The minimum absolute atomic E-state index is 0.122. The van der Waals surface area contributed by atoms with E-state index in [0.717, 1.165) is 10.0 Å². The molecular weight excluding hydrogens is 418 g/mol. The second-order valence-corrected chi connectivity index (χ2v) is 8.20. The van der Waals surface area contributed by atoms with Gasteiger partial charge in [-0.2, -0.15) is 8.42 Å². The summed E-state index contributed by atoms with van der Waals surface area (Å²) in [6, 6.07) is 16.8. The monoisotopic (exact) mass is 437 g/mol. The molecule has 138 valence electrons. The number of hydrogen-bond donors (Lipinski definition) is 2. The highest BCUT2D eigenvalue weighted by Gasteiger charge is 2.12. The van der Waals surface area contributed by atoms with Crippen LogP contribution < -0.4 is 5.32 Å². The van der Waals surface area contributed by atoms with Crippen molar-refractivity contribution in [1.29, 1.82) is 0 Å². The van der Waals surface area contributed by atoms with Gasteiger partial charge in [0.2, 0.25) is 5.91 Å². The number of rotatable bonds is 8. The molecule has 0 saturated heterocycles. The Kier molecular flexibility index (Phi) is 7.56. The standard InChI is InChI=1S/C19H20BrNO4S/c20-17-10-4-5-11-18(17)21-19(22)13-12-16(9-6-14-26(23,24)25)15-7-2-1-3-8-15/h1-5,7-8,10-13,16H,6,9,14H2,(H,21,22)(H,23,24,25). The first-order valence-electron chi connectivity index (χ1n) is 8.09. The molecule has 2 aromatic rings. The third kappa shape index (κ3) is 7.11. The molecule has 1 amide bonds. The van der Waals surface area contributed by atoms with Gasteiger partial charge in [0.05, 0.1) is 11.4 Å². The average molecular weight is 438 g/mol. The normalized spacial score (nSPS) is 12.8. The zero-order chi connectivity index (χ0) is 19.0. The average Bonchev–Trinajstić information content (AvgIpc) is 2.60. The van der Waals surface area contributed by atoms with E-state index in [4.69, 9.17) is 4.55 Å². The summed E-state index contributed by atoms with van der Waals surface area (Å²) in [6.07, 6.45) is 4.01. The van der Waals surface area contributed by atoms with Gasteiger partial charge in [-0.3, -0.25) is 9.35 Å². The summed E-state index contributed by atoms with van der Waals surface area (Å²) in [7, 11) is -3.99. The summed E-state index contributed by atoms with van der Waals surface area (Å²) in [5, 5.41) is 2.79. The molecule has 1 unspecified atom stereocenters. The third-order valence-electron chi connectivity index (χ3n) is 3.76. The molecule has 1 atom stereocenters. The lowest BCUT2D eigenvalue weighted by Crippen LogP contribution is -2.09. The van der Waals surface area contributed by atoms with E-state index >= 15 is 0 Å². The molecule has 0 aliphatic heterocycles. The zero-order valence-electron chi connectivity index (χ0n) is 14.0. The molecule has 0 heterocycles. The van der Waals surface area contributed by atoms with Crippen LogP contribution in [0.15, 0.2) is 71.2 Å². The lowest BCUT2D eigenvalue weighted by Gasteiger charge is -2.13. The van der Waals surface area contributed by atoms with Crippen LogP contribution in [0, 0.1) is 0 Å². The van der Waals surface area contributed by atoms with Crippen LogP contribution in [0.2, 0.25) is 0 Å². The number of benzene rings is 2. The summed E-state index contributed by atoms with van der Waals surface area (Å²) >= 11 is 3.37. The highest BCUT2D eigenvalue weighted by Crippen LogP contribution is 2.24. The third-order valence-corrected chi connectivity index (χ3v) is 5.25. The van der Waals surface area contributed by atoms with Gasteiger partial charge in [-0.1, -0.05) is 48.5 Å². The highest BCUT2D eigenvalue weighted by molar-refractivity contribution is 9.10. The molecule has 26 heavy (non-hydrogen) atoms. The van der Waals surface area contributed by atoms with Gasteiger partial charge in [-0.05, 0) is 52.5 Å². The molecule has 0 saturated carbocycles. The van der Waals surface area contributed by atoms with Crippen molar-refractivity contribution < 1.29 is 17.8 Å². The van der Waals surface area contributed by atoms with Crippen LogP contribution in [-0.4, -0.2) is 24.6 Å². The van der Waals surface area contributed by atoms with E-state index in [0.29, 0.717) is 18.5 Å².